The third kappa shape index (κ3) is 4.11. The van der Waals surface area contributed by atoms with Crippen LogP contribution in [0.5, 0.6) is 0 Å². The van der Waals surface area contributed by atoms with E-state index in [9.17, 15) is 13.6 Å². The molecule has 0 radical (unpaired) electrons. The summed E-state index contributed by atoms with van der Waals surface area (Å²) in [6, 6.07) is 8.74. The monoisotopic (exact) mass is 353 g/mol. The van der Waals surface area contributed by atoms with Crippen LogP contribution in [0.4, 0.5) is 8.78 Å². The molecule has 1 N–H and O–H groups in total. The number of benzene rings is 2. The molecule has 0 bridgehead atoms. The number of hydrogen-bond acceptors (Lipinski definition) is 1. The lowest BCUT2D eigenvalue weighted by Crippen LogP contribution is -2.26. The predicted molar refractivity (Wildman–Crippen MR) is 81.3 cm³/mol. The summed E-state index contributed by atoms with van der Waals surface area (Å²) in [4.78, 5) is 11.9. The molecular formula is C16H14BrF2NO. The minimum Gasteiger partial charge on any atom is -0.352 e. The van der Waals surface area contributed by atoms with Crippen LogP contribution >= 0.6 is 15.9 Å². The molecule has 0 saturated carbocycles. The Morgan fingerprint density at radius 2 is 1.95 bits per heavy atom. The standard InChI is InChI=1S/C16H14BrF2NO/c1-10-8-13(18)4-2-11(10)6-7-20-16(21)14-9-12(17)3-5-15(14)19/h2-5,8-9H,6-7H2,1H3,(H,20,21). The van der Waals surface area contributed by atoms with Crippen molar-refractivity contribution in [2.75, 3.05) is 6.54 Å². The van der Waals surface area contributed by atoms with E-state index in [0.29, 0.717) is 17.4 Å². The van der Waals surface area contributed by atoms with Gasteiger partial charge in [-0.15, -0.1) is 0 Å². The first-order valence-corrected chi connectivity index (χ1v) is 7.25. The van der Waals surface area contributed by atoms with Crippen LogP contribution in [0.15, 0.2) is 40.9 Å². The SMILES string of the molecule is Cc1cc(F)ccc1CCNC(=O)c1cc(Br)ccc1F. The van der Waals surface area contributed by atoms with Gasteiger partial charge in [-0.3, -0.25) is 4.79 Å². The van der Waals surface area contributed by atoms with Gasteiger partial charge >= 0.3 is 0 Å². The fourth-order valence-corrected chi connectivity index (χ4v) is 2.38. The second kappa shape index (κ2) is 6.80. The lowest BCUT2D eigenvalue weighted by molar-refractivity contribution is 0.0950. The Bertz CT molecular complexity index is 673. The molecule has 0 aromatic heterocycles. The highest BCUT2D eigenvalue weighted by atomic mass is 79.9. The molecule has 0 fully saturated rings. The fraction of sp³-hybridized carbons (Fsp3) is 0.188. The normalized spacial score (nSPS) is 10.5. The second-order valence-electron chi connectivity index (χ2n) is 4.70. The number of aryl methyl sites for hydroxylation is 1. The smallest absolute Gasteiger partial charge is 0.254 e. The van der Waals surface area contributed by atoms with Crippen LogP contribution in [0.1, 0.15) is 21.5 Å². The van der Waals surface area contributed by atoms with Crippen molar-refractivity contribution in [1.82, 2.24) is 5.32 Å². The van der Waals surface area contributed by atoms with E-state index in [4.69, 9.17) is 0 Å². The molecule has 0 atom stereocenters. The predicted octanol–water partition coefficient (Wildman–Crippen LogP) is 4.01. The van der Waals surface area contributed by atoms with Crippen LogP contribution in [-0.2, 0) is 6.42 Å². The van der Waals surface area contributed by atoms with Gasteiger partial charge in [-0.1, -0.05) is 22.0 Å². The lowest BCUT2D eigenvalue weighted by atomic mass is 10.1. The van der Waals surface area contributed by atoms with E-state index in [2.05, 4.69) is 21.2 Å². The number of hydrogen-bond donors (Lipinski definition) is 1. The molecule has 0 aliphatic heterocycles. The van der Waals surface area contributed by atoms with Crippen molar-refractivity contribution in [2.24, 2.45) is 0 Å². The van der Waals surface area contributed by atoms with Crippen LogP contribution in [0, 0.1) is 18.6 Å². The number of carbonyl (C=O) groups is 1. The number of rotatable bonds is 4. The number of carbonyl (C=O) groups excluding carboxylic acids is 1. The molecule has 0 saturated heterocycles. The maximum absolute atomic E-state index is 13.6. The van der Waals surface area contributed by atoms with E-state index < -0.39 is 11.7 Å². The topological polar surface area (TPSA) is 29.1 Å². The average Bonchev–Trinajstić information content (AvgIpc) is 2.43. The molecule has 0 unspecified atom stereocenters. The van der Waals surface area contributed by atoms with Gasteiger partial charge in [0.15, 0.2) is 0 Å². The molecule has 0 aliphatic rings. The van der Waals surface area contributed by atoms with Crippen molar-refractivity contribution in [3.63, 3.8) is 0 Å². The number of nitrogens with one attached hydrogen (secondary N) is 1. The van der Waals surface area contributed by atoms with Crippen LogP contribution in [0.3, 0.4) is 0 Å². The zero-order valence-corrected chi connectivity index (χ0v) is 13.0. The highest BCUT2D eigenvalue weighted by molar-refractivity contribution is 9.10. The van der Waals surface area contributed by atoms with Crippen molar-refractivity contribution >= 4 is 21.8 Å². The van der Waals surface area contributed by atoms with E-state index in [1.165, 1.54) is 30.3 Å². The van der Waals surface area contributed by atoms with E-state index in [1.807, 2.05) is 6.92 Å². The molecule has 2 aromatic carbocycles. The largest absolute Gasteiger partial charge is 0.352 e. The Hall–Kier alpha value is -1.75. The molecular weight excluding hydrogens is 340 g/mol. The maximum Gasteiger partial charge on any atom is 0.254 e. The van der Waals surface area contributed by atoms with Gasteiger partial charge in [-0.25, -0.2) is 8.78 Å². The first kappa shape index (κ1) is 15.6. The molecule has 0 heterocycles. The molecule has 0 aliphatic carbocycles. The van der Waals surface area contributed by atoms with Crippen LogP contribution in [0.2, 0.25) is 0 Å². The van der Waals surface area contributed by atoms with Gasteiger partial charge in [-0.2, -0.15) is 0 Å². The molecule has 21 heavy (non-hydrogen) atoms. The highest BCUT2D eigenvalue weighted by Crippen LogP contribution is 2.15. The van der Waals surface area contributed by atoms with Gasteiger partial charge in [0.1, 0.15) is 11.6 Å². The van der Waals surface area contributed by atoms with Crippen molar-refractivity contribution in [2.45, 2.75) is 13.3 Å². The zero-order valence-electron chi connectivity index (χ0n) is 11.4. The van der Waals surface area contributed by atoms with Crippen LogP contribution < -0.4 is 5.32 Å². The Labute approximate surface area is 130 Å². The van der Waals surface area contributed by atoms with Crippen molar-refractivity contribution in [1.29, 1.82) is 0 Å². The Balaban J connectivity index is 1.97. The lowest BCUT2D eigenvalue weighted by Gasteiger charge is -2.08. The quantitative estimate of drug-likeness (QED) is 0.883. The summed E-state index contributed by atoms with van der Waals surface area (Å²) in [6.07, 6.45) is 0.563. The summed E-state index contributed by atoms with van der Waals surface area (Å²) in [5, 5.41) is 2.66. The number of amides is 1. The van der Waals surface area contributed by atoms with Gasteiger partial charge in [0.05, 0.1) is 5.56 Å². The molecule has 110 valence electrons. The number of halogens is 3. The fourth-order valence-electron chi connectivity index (χ4n) is 2.02. The van der Waals surface area contributed by atoms with Gasteiger partial charge in [0.25, 0.3) is 5.91 Å². The molecule has 1 amide bonds. The second-order valence-corrected chi connectivity index (χ2v) is 5.62. The third-order valence-electron chi connectivity index (χ3n) is 3.16. The molecule has 5 heteroatoms. The first-order chi connectivity index (χ1) is 9.97. The van der Waals surface area contributed by atoms with E-state index in [-0.39, 0.29) is 11.4 Å². The summed E-state index contributed by atoms with van der Waals surface area (Å²) in [5.74, 6) is -1.31. The van der Waals surface area contributed by atoms with Crippen molar-refractivity contribution in [3.8, 4) is 0 Å². The van der Waals surface area contributed by atoms with E-state index in [1.54, 1.807) is 6.07 Å². The minimum atomic E-state index is -0.561. The average molecular weight is 354 g/mol. The van der Waals surface area contributed by atoms with Crippen molar-refractivity contribution < 1.29 is 13.6 Å². The summed E-state index contributed by atoms with van der Waals surface area (Å²) in [6.45, 7) is 2.17. The summed E-state index contributed by atoms with van der Waals surface area (Å²) >= 11 is 3.20. The third-order valence-corrected chi connectivity index (χ3v) is 3.65. The van der Waals surface area contributed by atoms with Gasteiger partial charge in [0, 0.05) is 11.0 Å². The summed E-state index contributed by atoms with van der Waals surface area (Å²) < 4.78 is 27.2. The van der Waals surface area contributed by atoms with Crippen LogP contribution in [0.25, 0.3) is 0 Å². The molecule has 0 spiro atoms. The maximum atomic E-state index is 13.6. The van der Waals surface area contributed by atoms with Gasteiger partial charge in [0.2, 0.25) is 0 Å². The first-order valence-electron chi connectivity index (χ1n) is 6.45. The van der Waals surface area contributed by atoms with Gasteiger partial charge < -0.3 is 5.32 Å². The summed E-state index contributed by atoms with van der Waals surface area (Å²) in [7, 11) is 0. The zero-order chi connectivity index (χ0) is 15.4. The van der Waals surface area contributed by atoms with E-state index in [0.717, 1.165) is 11.1 Å². The Kier molecular flexibility index (Phi) is 5.07. The van der Waals surface area contributed by atoms with Crippen molar-refractivity contribution in [3.05, 3.63) is 69.2 Å². The molecule has 2 aromatic rings. The minimum absolute atomic E-state index is 0.000188. The highest BCUT2D eigenvalue weighted by Gasteiger charge is 2.11. The Morgan fingerprint density at radius 3 is 2.67 bits per heavy atom. The van der Waals surface area contributed by atoms with Gasteiger partial charge in [-0.05, 0) is 54.8 Å². The Morgan fingerprint density at radius 1 is 1.19 bits per heavy atom. The molecule has 2 nitrogen and oxygen atoms in total. The summed E-state index contributed by atoms with van der Waals surface area (Å²) in [5.41, 5.74) is 1.78. The molecule has 2 rings (SSSR count). The van der Waals surface area contributed by atoms with E-state index >= 15 is 0 Å². The van der Waals surface area contributed by atoms with Crippen LogP contribution in [-0.4, -0.2) is 12.5 Å².